The van der Waals surface area contributed by atoms with Crippen LogP contribution >= 0.6 is 0 Å². The van der Waals surface area contributed by atoms with Crippen LogP contribution in [0.4, 0.5) is 11.4 Å². The predicted molar refractivity (Wildman–Crippen MR) is 106 cm³/mol. The van der Waals surface area contributed by atoms with Crippen LogP contribution < -0.4 is 4.90 Å². The van der Waals surface area contributed by atoms with Gasteiger partial charge in [0, 0.05) is 37.8 Å². The molecule has 1 fully saturated rings. The van der Waals surface area contributed by atoms with E-state index in [-0.39, 0.29) is 21.8 Å². The van der Waals surface area contributed by atoms with Gasteiger partial charge in [0.2, 0.25) is 0 Å². The number of anilines is 1. The van der Waals surface area contributed by atoms with Gasteiger partial charge in [0.25, 0.3) is 5.69 Å². The minimum atomic E-state index is -1.85. The van der Waals surface area contributed by atoms with Crippen LogP contribution in [-0.4, -0.2) is 42.2 Å². The summed E-state index contributed by atoms with van der Waals surface area (Å²) in [6, 6.07) is 3.46. The molecule has 0 bridgehead atoms. The summed E-state index contributed by atoms with van der Waals surface area (Å²) in [7, 11) is -0.0286. The van der Waals surface area contributed by atoms with Gasteiger partial charge in [-0.3, -0.25) is 14.8 Å². The smallest absolute Gasteiger partial charge is 0.293 e. The number of nitrogens with zero attached hydrogens (tertiary/aromatic N) is 4. The SMILES string of the molecule is Cn1cc2cc([N+](=O)[O-])c(N3CC[C@@H](O[Si](C)(C)C(C)(C)C)C3)cc2n1. The Balaban J connectivity index is 1.86. The number of fused-ring (bicyclic) bond motifs is 1. The minimum absolute atomic E-state index is 0.120. The molecule has 0 amide bonds. The largest absolute Gasteiger partial charge is 0.412 e. The van der Waals surface area contributed by atoms with Crippen molar-refractivity contribution in [2.24, 2.45) is 7.05 Å². The molecular weight excluding hydrogens is 348 g/mol. The third kappa shape index (κ3) is 3.48. The van der Waals surface area contributed by atoms with Crippen molar-refractivity contribution in [1.29, 1.82) is 0 Å². The van der Waals surface area contributed by atoms with Gasteiger partial charge in [-0.15, -0.1) is 0 Å². The maximum atomic E-state index is 11.6. The quantitative estimate of drug-likeness (QED) is 0.457. The van der Waals surface area contributed by atoms with Gasteiger partial charge in [0.05, 0.1) is 16.5 Å². The fourth-order valence-corrected chi connectivity index (χ4v) is 4.59. The summed E-state index contributed by atoms with van der Waals surface area (Å²) in [5.74, 6) is 0. The molecule has 1 aromatic heterocycles. The van der Waals surface area contributed by atoms with Crippen LogP contribution in [0.15, 0.2) is 18.3 Å². The van der Waals surface area contributed by atoms with Crippen molar-refractivity contribution < 1.29 is 9.35 Å². The highest BCUT2D eigenvalue weighted by molar-refractivity contribution is 6.74. The van der Waals surface area contributed by atoms with Gasteiger partial charge in [-0.2, -0.15) is 5.10 Å². The molecule has 1 aliphatic heterocycles. The first-order valence-electron chi connectivity index (χ1n) is 9.02. The number of hydrogen-bond acceptors (Lipinski definition) is 5. The van der Waals surface area contributed by atoms with Crippen molar-refractivity contribution >= 4 is 30.6 Å². The molecule has 1 aliphatic rings. The number of hydrogen-bond donors (Lipinski definition) is 0. The Bertz CT molecular complexity index is 841. The van der Waals surface area contributed by atoms with Gasteiger partial charge >= 0.3 is 0 Å². The molecular formula is C18H28N4O3Si. The van der Waals surface area contributed by atoms with Crippen molar-refractivity contribution in [2.45, 2.75) is 51.4 Å². The second kappa shape index (κ2) is 6.35. The Morgan fingerprint density at radius 2 is 2.04 bits per heavy atom. The summed E-state index contributed by atoms with van der Waals surface area (Å²) in [6.45, 7) is 12.6. The lowest BCUT2D eigenvalue weighted by Gasteiger charge is -2.38. The molecule has 1 aromatic carbocycles. The highest BCUT2D eigenvalue weighted by Crippen LogP contribution is 2.40. The average Bonchev–Trinajstić information content (AvgIpc) is 3.08. The van der Waals surface area contributed by atoms with Gasteiger partial charge in [0.1, 0.15) is 5.69 Å². The predicted octanol–water partition coefficient (Wildman–Crippen LogP) is 4.08. The zero-order chi connectivity index (χ0) is 19.3. The van der Waals surface area contributed by atoms with Crippen LogP contribution in [0, 0.1) is 10.1 Å². The Kier molecular flexibility index (Phi) is 4.60. The van der Waals surface area contributed by atoms with E-state index in [4.69, 9.17) is 4.43 Å². The summed E-state index contributed by atoms with van der Waals surface area (Å²) in [5, 5.41) is 16.9. The topological polar surface area (TPSA) is 73.4 Å². The molecule has 2 aromatic rings. The van der Waals surface area contributed by atoms with Gasteiger partial charge in [0.15, 0.2) is 8.32 Å². The minimum Gasteiger partial charge on any atom is -0.412 e. The van der Waals surface area contributed by atoms with E-state index in [1.165, 1.54) is 0 Å². The van der Waals surface area contributed by atoms with Crippen molar-refractivity contribution in [2.75, 3.05) is 18.0 Å². The first-order valence-corrected chi connectivity index (χ1v) is 11.9. The van der Waals surface area contributed by atoms with Crippen molar-refractivity contribution in [3.63, 3.8) is 0 Å². The number of nitro groups is 1. The summed E-state index contributed by atoms with van der Waals surface area (Å²) in [6.07, 6.45) is 2.82. The maximum absolute atomic E-state index is 11.6. The Morgan fingerprint density at radius 1 is 1.35 bits per heavy atom. The fourth-order valence-electron chi connectivity index (χ4n) is 3.21. The van der Waals surface area contributed by atoms with E-state index in [9.17, 15) is 10.1 Å². The number of aromatic nitrogens is 2. The fraction of sp³-hybridized carbons (Fsp3) is 0.611. The van der Waals surface area contributed by atoms with E-state index >= 15 is 0 Å². The second-order valence-electron chi connectivity index (χ2n) is 8.69. The van der Waals surface area contributed by atoms with Crippen LogP contribution in [0.3, 0.4) is 0 Å². The molecule has 0 N–H and O–H groups in total. The second-order valence-corrected chi connectivity index (χ2v) is 13.5. The summed E-state index contributed by atoms with van der Waals surface area (Å²) >= 11 is 0. The van der Waals surface area contributed by atoms with Crippen molar-refractivity contribution in [3.05, 3.63) is 28.4 Å². The highest BCUT2D eigenvalue weighted by atomic mass is 28.4. The summed E-state index contributed by atoms with van der Waals surface area (Å²) in [5.41, 5.74) is 1.56. The van der Waals surface area contributed by atoms with Crippen LogP contribution in [-0.2, 0) is 11.5 Å². The maximum Gasteiger partial charge on any atom is 0.293 e. The molecule has 8 heteroatoms. The molecule has 2 heterocycles. The zero-order valence-electron chi connectivity index (χ0n) is 16.4. The van der Waals surface area contributed by atoms with E-state index in [0.29, 0.717) is 12.2 Å². The Hall–Kier alpha value is -1.93. The molecule has 1 saturated heterocycles. The zero-order valence-corrected chi connectivity index (χ0v) is 17.4. The van der Waals surface area contributed by atoms with E-state index in [2.05, 4.69) is 43.9 Å². The van der Waals surface area contributed by atoms with E-state index in [0.717, 1.165) is 23.9 Å². The third-order valence-corrected chi connectivity index (χ3v) is 10.2. The summed E-state index contributed by atoms with van der Waals surface area (Å²) in [4.78, 5) is 13.4. The molecule has 0 spiro atoms. The monoisotopic (exact) mass is 376 g/mol. The van der Waals surface area contributed by atoms with Crippen LogP contribution in [0.5, 0.6) is 0 Å². The van der Waals surface area contributed by atoms with E-state index in [1.807, 2.05) is 13.1 Å². The highest BCUT2D eigenvalue weighted by Gasteiger charge is 2.41. The van der Waals surface area contributed by atoms with Crippen molar-refractivity contribution in [3.8, 4) is 0 Å². The van der Waals surface area contributed by atoms with Gasteiger partial charge < -0.3 is 9.33 Å². The Labute approximate surface area is 155 Å². The van der Waals surface area contributed by atoms with Gasteiger partial charge in [-0.1, -0.05) is 20.8 Å². The lowest BCUT2D eigenvalue weighted by molar-refractivity contribution is -0.384. The number of rotatable bonds is 4. The molecule has 0 aliphatic carbocycles. The number of aryl methyl sites for hydroxylation is 1. The molecule has 7 nitrogen and oxygen atoms in total. The van der Waals surface area contributed by atoms with Crippen LogP contribution in [0.1, 0.15) is 27.2 Å². The average molecular weight is 377 g/mol. The van der Waals surface area contributed by atoms with Gasteiger partial charge in [-0.05, 0) is 30.6 Å². The Morgan fingerprint density at radius 3 is 2.65 bits per heavy atom. The number of nitro benzene ring substituents is 1. The first-order chi connectivity index (χ1) is 12.0. The molecule has 3 rings (SSSR count). The normalized spacial score (nSPS) is 18.7. The van der Waals surface area contributed by atoms with Crippen LogP contribution in [0.2, 0.25) is 18.1 Å². The molecule has 0 radical (unpaired) electrons. The molecule has 0 saturated carbocycles. The standard InChI is InChI=1S/C18H28N4O3Si/c1-18(2,3)26(5,6)25-14-7-8-21(12-14)16-10-15-13(11-20(4)19-15)9-17(16)22(23)24/h9-11,14H,7-8,12H2,1-6H3/t14-/m1/s1. The van der Waals surface area contributed by atoms with Crippen LogP contribution in [0.25, 0.3) is 10.9 Å². The molecule has 142 valence electrons. The number of benzene rings is 1. The van der Waals surface area contributed by atoms with Crippen molar-refractivity contribution in [1.82, 2.24) is 9.78 Å². The molecule has 0 unspecified atom stereocenters. The lowest BCUT2D eigenvalue weighted by atomic mass is 10.2. The first kappa shape index (κ1) is 18.8. The van der Waals surface area contributed by atoms with E-state index < -0.39 is 8.32 Å². The summed E-state index contributed by atoms with van der Waals surface area (Å²) < 4.78 is 8.20. The lowest BCUT2D eigenvalue weighted by Crippen LogP contribution is -2.44. The molecule has 26 heavy (non-hydrogen) atoms. The van der Waals surface area contributed by atoms with Gasteiger partial charge in [-0.25, -0.2) is 0 Å². The van der Waals surface area contributed by atoms with E-state index in [1.54, 1.807) is 16.9 Å². The third-order valence-electron chi connectivity index (χ3n) is 5.67. The molecule has 1 atom stereocenters.